The molecule has 2 rings (SSSR count). The van der Waals surface area contributed by atoms with Gasteiger partial charge >= 0.3 is 6.18 Å². The second-order valence-electron chi connectivity index (χ2n) is 6.06. The number of carbonyl (C=O) groups is 1. The molecule has 6 nitrogen and oxygen atoms in total. The van der Waals surface area contributed by atoms with E-state index < -0.39 is 24.7 Å². The number of hydrogen-bond acceptors (Lipinski definition) is 5. The molecule has 24 heavy (non-hydrogen) atoms. The summed E-state index contributed by atoms with van der Waals surface area (Å²) >= 11 is 0. The van der Waals surface area contributed by atoms with Gasteiger partial charge in [0.25, 0.3) is 0 Å². The lowest BCUT2D eigenvalue weighted by Crippen LogP contribution is -2.56. The topological polar surface area (TPSA) is 67.6 Å². The molecule has 1 aliphatic heterocycles. The fourth-order valence-electron chi connectivity index (χ4n) is 2.97. The van der Waals surface area contributed by atoms with Gasteiger partial charge in [0.15, 0.2) is 0 Å². The van der Waals surface area contributed by atoms with Gasteiger partial charge in [-0.25, -0.2) is 0 Å². The highest BCUT2D eigenvalue weighted by Gasteiger charge is 2.38. The molecule has 1 fully saturated rings. The van der Waals surface area contributed by atoms with Gasteiger partial charge in [-0.15, -0.1) is 0 Å². The van der Waals surface area contributed by atoms with Gasteiger partial charge in [-0.2, -0.15) is 13.2 Å². The maximum Gasteiger partial charge on any atom is 0.401 e. The van der Waals surface area contributed by atoms with Crippen LogP contribution in [0.25, 0.3) is 0 Å². The first kappa shape index (κ1) is 18.7. The zero-order chi connectivity index (χ0) is 17.9. The Kier molecular flexibility index (Phi) is 5.87. The average molecular weight is 349 g/mol. The second kappa shape index (κ2) is 7.52. The molecule has 2 atom stereocenters. The molecular formula is C15H22F3N3O3. The number of aromatic nitrogens is 1. The van der Waals surface area contributed by atoms with Crippen LogP contribution in [0.5, 0.6) is 0 Å². The monoisotopic (exact) mass is 349 g/mol. The van der Waals surface area contributed by atoms with Gasteiger partial charge in [0.1, 0.15) is 11.8 Å². The quantitative estimate of drug-likeness (QED) is 0.878. The van der Waals surface area contributed by atoms with E-state index >= 15 is 0 Å². The summed E-state index contributed by atoms with van der Waals surface area (Å²) in [6, 6.07) is -0.933. The lowest BCUT2D eigenvalue weighted by molar-refractivity contribution is -0.166. The van der Waals surface area contributed by atoms with E-state index in [2.05, 4.69) is 10.5 Å². The maximum absolute atomic E-state index is 12.6. The number of hydrogen-bond donors (Lipinski definition) is 1. The zero-order valence-corrected chi connectivity index (χ0v) is 13.9. The van der Waals surface area contributed by atoms with Gasteiger partial charge in [0, 0.05) is 24.6 Å². The summed E-state index contributed by atoms with van der Waals surface area (Å²) in [6.45, 7) is 4.90. The van der Waals surface area contributed by atoms with Gasteiger partial charge in [0.2, 0.25) is 5.91 Å². The third-order valence-electron chi connectivity index (χ3n) is 4.09. The van der Waals surface area contributed by atoms with Crippen LogP contribution in [0.3, 0.4) is 0 Å². The van der Waals surface area contributed by atoms with Crippen LogP contribution in [0.15, 0.2) is 4.52 Å². The molecule has 1 saturated heterocycles. The van der Waals surface area contributed by atoms with Crippen LogP contribution >= 0.6 is 0 Å². The molecule has 1 aromatic rings. The Morgan fingerprint density at radius 1 is 1.46 bits per heavy atom. The van der Waals surface area contributed by atoms with Gasteiger partial charge in [-0.1, -0.05) is 12.1 Å². The minimum Gasteiger partial charge on any atom is -0.378 e. The average Bonchev–Trinajstić information content (AvgIpc) is 2.82. The van der Waals surface area contributed by atoms with Gasteiger partial charge in [-0.05, 0) is 13.8 Å². The normalized spacial score (nSPS) is 20.8. The summed E-state index contributed by atoms with van der Waals surface area (Å²) in [4.78, 5) is 13.4. The van der Waals surface area contributed by atoms with Crippen molar-refractivity contribution in [1.82, 2.24) is 15.4 Å². The van der Waals surface area contributed by atoms with Crippen molar-refractivity contribution in [2.45, 2.75) is 38.9 Å². The predicted octanol–water partition coefficient (Wildman–Crippen LogP) is 1.77. The number of carbonyl (C=O) groups excluding carboxylic acids is 1. The van der Waals surface area contributed by atoms with Crippen LogP contribution in [0, 0.1) is 13.8 Å². The Hall–Kier alpha value is -1.61. The van der Waals surface area contributed by atoms with E-state index in [-0.39, 0.29) is 32.2 Å². The summed E-state index contributed by atoms with van der Waals surface area (Å²) in [5.74, 6) is 0.160. The lowest BCUT2D eigenvalue weighted by Gasteiger charge is -2.35. The van der Waals surface area contributed by atoms with E-state index in [4.69, 9.17) is 9.26 Å². The summed E-state index contributed by atoms with van der Waals surface area (Å²) < 4.78 is 48.2. The standard InChI is InChI=1S/C15H22F3N3O3/c1-9(13-10(2)20-24-11(13)3)6-19-14(22)12-7-23-5-4-21(12)8-15(16,17)18/h9,12H,4-8H2,1-3H3,(H,19,22)/t9-,12-/m1/s1. The van der Waals surface area contributed by atoms with Crippen molar-refractivity contribution < 1.29 is 27.2 Å². The molecular weight excluding hydrogens is 327 g/mol. The first-order valence-corrected chi connectivity index (χ1v) is 7.78. The molecule has 0 spiro atoms. The van der Waals surface area contributed by atoms with E-state index in [1.807, 2.05) is 13.8 Å². The van der Waals surface area contributed by atoms with E-state index in [1.54, 1.807) is 6.92 Å². The molecule has 136 valence electrons. The van der Waals surface area contributed by atoms with Gasteiger partial charge < -0.3 is 14.6 Å². The Balaban J connectivity index is 1.95. The first-order chi connectivity index (χ1) is 11.2. The second-order valence-corrected chi connectivity index (χ2v) is 6.06. The predicted molar refractivity (Wildman–Crippen MR) is 79.6 cm³/mol. The molecule has 0 radical (unpaired) electrons. The van der Waals surface area contributed by atoms with Crippen LogP contribution in [0.4, 0.5) is 13.2 Å². The van der Waals surface area contributed by atoms with Gasteiger partial charge in [0.05, 0.1) is 25.5 Å². The molecule has 0 aliphatic carbocycles. The Morgan fingerprint density at radius 2 is 2.17 bits per heavy atom. The number of alkyl halides is 3. The Morgan fingerprint density at radius 3 is 2.75 bits per heavy atom. The number of morpholine rings is 1. The van der Waals surface area contributed by atoms with Crippen LogP contribution in [-0.2, 0) is 9.53 Å². The lowest BCUT2D eigenvalue weighted by atomic mass is 9.99. The van der Waals surface area contributed by atoms with E-state index in [0.717, 1.165) is 16.2 Å². The van der Waals surface area contributed by atoms with Crippen LogP contribution < -0.4 is 5.32 Å². The molecule has 2 heterocycles. The van der Waals surface area contributed by atoms with E-state index in [1.165, 1.54) is 0 Å². The number of aryl methyl sites for hydroxylation is 2. The molecule has 0 aromatic carbocycles. The summed E-state index contributed by atoms with van der Waals surface area (Å²) in [7, 11) is 0. The number of halogens is 3. The van der Waals surface area contributed by atoms with Gasteiger partial charge in [-0.3, -0.25) is 9.69 Å². The molecule has 1 amide bonds. The molecule has 0 unspecified atom stereocenters. The molecule has 9 heteroatoms. The number of rotatable bonds is 5. The largest absolute Gasteiger partial charge is 0.401 e. The van der Waals surface area contributed by atoms with Crippen molar-refractivity contribution in [3.8, 4) is 0 Å². The number of ether oxygens (including phenoxy) is 1. The highest BCUT2D eigenvalue weighted by Crippen LogP contribution is 2.23. The number of nitrogens with one attached hydrogen (secondary N) is 1. The van der Waals surface area contributed by atoms with Crippen molar-refractivity contribution >= 4 is 5.91 Å². The minimum absolute atomic E-state index is 0.0401. The molecule has 1 N–H and O–H groups in total. The van der Waals surface area contributed by atoms with Crippen molar-refractivity contribution in [2.75, 3.05) is 32.8 Å². The fraction of sp³-hybridized carbons (Fsp3) is 0.733. The molecule has 0 bridgehead atoms. The highest BCUT2D eigenvalue weighted by atomic mass is 19.4. The smallest absolute Gasteiger partial charge is 0.378 e. The highest BCUT2D eigenvalue weighted by molar-refractivity contribution is 5.82. The van der Waals surface area contributed by atoms with Crippen LogP contribution in [-0.4, -0.2) is 61.0 Å². The third kappa shape index (κ3) is 4.70. The van der Waals surface area contributed by atoms with Crippen LogP contribution in [0.2, 0.25) is 0 Å². The first-order valence-electron chi connectivity index (χ1n) is 7.78. The minimum atomic E-state index is -4.35. The zero-order valence-electron chi connectivity index (χ0n) is 13.9. The number of amides is 1. The Bertz CT molecular complexity index is 555. The van der Waals surface area contributed by atoms with E-state index in [0.29, 0.717) is 5.76 Å². The number of nitrogens with zero attached hydrogens (tertiary/aromatic N) is 2. The summed E-state index contributed by atoms with van der Waals surface area (Å²) in [6.07, 6.45) is -4.35. The molecule has 0 saturated carbocycles. The van der Waals surface area contributed by atoms with Crippen LogP contribution in [0.1, 0.15) is 29.9 Å². The maximum atomic E-state index is 12.6. The SMILES string of the molecule is Cc1noc(C)c1[C@H](C)CNC(=O)[C@H]1COCCN1CC(F)(F)F. The summed E-state index contributed by atoms with van der Waals surface area (Å²) in [5, 5.41) is 6.58. The molecule has 1 aliphatic rings. The summed E-state index contributed by atoms with van der Waals surface area (Å²) in [5.41, 5.74) is 1.65. The third-order valence-corrected chi connectivity index (χ3v) is 4.09. The van der Waals surface area contributed by atoms with Crippen molar-refractivity contribution in [3.63, 3.8) is 0 Å². The Labute approximate surface area is 138 Å². The van der Waals surface area contributed by atoms with E-state index in [9.17, 15) is 18.0 Å². The van der Waals surface area contributed by atoms with Crippen molar-refractivity contribution in [1.29, 1.82) is 0 Å². The molecule has 1 aromatic heterocycles. The fourth-order valence-corrected chi connectivity index (χ4v) is 2.97. The van der Waals surface area contributed by atoms with Crippen molar-refractivity contribution in [3.05, 3.63) is 17.0 Å². The van der Waals surface area contributed by atoms with Crippen molar-refractivity contribution in [2.24, 2.45) is 0 Å².